The van der Waals surface area contributed by atoms with Crippen molar-refractivity contribution in [2.24, 2.45) is 11.7 Å². The van der Waals surface area contributed by atoms with Gasteiger partial charge in [-0.2, -0.15) is 0 Å². The average molecular weight is 262 g/mol. The number of carbonyl (C=O) groups excluding carboxylic acids is 2. The normalized spacial score (nSPS) is 22.7. The van der Waals surface area contributed by atoms with Crippen molar-refractivity contribution in [1.82, 2.24) is 0 Å². The first-order chi connectivity index (χ1) is 9.15. The van der Waals surface area contributed by atoms with Crippen LogP contribution in [0.5, 0.6) is 0 Å². The first-order valence-corrected chi connectivity index (χ1v) is 6.63. The number of hydrogen-bond donors (Lipinski definition) is 3. The van der Waals surface area contributed by atoms with Gasteiger partial charge in [0.15, 0.2) is 6.54 Å². The van der Waals surface area contributed by atoms with E-state index in [1.165, 1.54) is 4.90 Å². The van der Waals surface area contributed by atoms with Crippen molar-refractivity contribution in [3.63, 3.8) is 0 Å². The third-order valence-electron chi connectivity index (χ3n) is 3.56. The van der Waals surface area contributed by atoms with Crippen LogP contribution in [0, 0.1) is 5.92 Å². The molecule has 1 aliphatic heterocycles. The summed E-state index contributed by atoms with van der Waals surface area (Å²) >= 11 is 0. The number of piperidine rings is 1. The van der Waals surface area contributed by atoms with Crippen LogP contribution in [-0.2, 0) is 9.59 Å². The molecule has 0 bridgehead atoms. The largest absolute Gasteiger partial charge is 0.369 e. The Morgan fingerprint density at radius 2 is 1.84 bits per heavy atom. The van der Waals surface area contributed by atoms with Gasteiger partial charge in [0.2, 0.25) is 5.91 Å². The van der Waals surface area contributed by atoms with Crippen LogP contribution in [-0.4, -0.2) is 31.4 Å². The summed E-state index contributed by atoms with van der Waals surface area (Å²) in [5, 5.41) is 2.87. The zero-order chi connectivity index (χ0) is 13.7. The van der Waals surface area contributed by atoms with Gasteiger partial charge in [-0.3, -0.25) is 9.59 Å². The maximum absolute atomic E-state index is 11.9. The molecule has 0 aromatic heterocycles. The second-order valence-electron chi connectivity index (χ2n) is 5.02. The Morgan fingerprint density at radius 1 is 1.21 bits per heavy atom. The van der Waals surface area contributed by atoms with Gasteiger partial charge in [-0.05, 0) is 12.1 Å². The molecule has 0 spiro atoms. The molecular weight excluding hydrogens is 242 g/mol. The monoisotopic (exact) mass is 262 g/mol. The number of primary amides is 1. The lowest BCUT2D eigenvalue weighted by molar-refractivity contribution is -0.897. The summed E-state index contributed by atoms with van der Waals surface area (Å²) in [6, 6.07) is 9.43. The number of quaternary nitrogens is 1. The zero-order valence-electron chi connectivity index (χ0n) is 10.9. The third-order valence-corrected chi connectivity index (χ3v) is 3.56. The highest BCUT2D eigenvalue weighted by Gasteiger charge is 2.26. The molecule has 1 fully saturated rings. The minimum Gasteiger partial charge on any atom is -0.369 e. The third kappa shape index (κ3) is 4.06. The summed E-state index contributed by atoms with van der Waals surface area (Å²) in [4.78, 5) is 24.1. The van der Waals surface area contributed by atoms with Crippen molar-refractivity contribution in [2.75, 3.05) is 25.0 Å². The predicted octanol–water partition coefficient (Wildman–Crippen LogP) is -0.595. The fraction of sp³-hybridized carbons (Fsp3) is 0.429. The lowest BCUT2D eigenvalue weighted by Gasteiger charge is -2.27. The first-order valence-electron chi connectivity index (χ1n) is 6.63. The summed E-state index contributed by atoms with van der Waals surface area (Å²) in [5.74, 6) is -0.215. The SMILES string of the molecule is NC(=O)C1CC[NH+](CC(=O)Nc2ccccc2)CC1. The van der Waals surface area contributed by atoms with Crippen molar-refractivity contribution in [1.29, 1.82) is 0 Å². The van der Waals surface area contributed by atoms with Crippen LogP contribution in [0.4, 0.5) is 5.69 Å². The number of rotatable bonds is 4. The molecule has 0 saturated carbocycles. The van der Waals surface area contributed by atoms with Gasteiger partial charge in [0.1, 0.15) is 0 Å². The summed E-state index contributed by atoms with van der Waals surface area (Å²) in [5.41, 5.74) is 6.11. The number of likely N-dealkylation sites (tertiary alicyclic amines) is 1. The number of nitrogens with two attached hydrogens (primary N) is 1. The van der Waals surface area contributed by atoms with Gasteiger partial charge in [-0.25, -0.2) is 0 Å². The molecule has 0 unspecified atom stereocenters. The van der Waals surface area contributed by atoms with E-state index < -0.39 is 0 Å². The molecule has 1 aromatic carbocycles. The molecule has 2 rings (SSSR count). The number of benzene rings is 1. The number of hydrogen-bond acceptors (Lipinski definition) is 2. The number of anilines is 1. The molecule has 0 atom stereocenters. The number of para-hydroxylation sites is 1. The highest BCUT2D eigenvalue weighted by Crippen LogP contribution is 2.08. The molecule has 1 saturated heterocycles. The zero-order valence-corrected chi connectivity index (χ0v) is 10.9. The second kappa shape index (κ2) is 6.33. The standard InChI is InChI=1S/C14H19N3O2/c15-14(19)11-6-8-17(9-7-11)10-13(18)16-12-4-2-1-3-5-12/h1-5,11H,6-10H2,(H2,15,19)(H,16,18)/p+1. The van der Waals surface area contributed by atoms with Gasteiger partial charge >= 0.3 is 0 Å². The van der Waals surface area contributed by atoms with Crippen molar-refractivity contribution < 1.29 is 14.5 Å². The van der Waals surface area contributed by atoms with Crippen molar-refractivity contribution in [3.05, 3.63) is 30.3 Å². The quantitative estimate of drug-likeness (QED) is 0.678. The molecule has 1 aliphatic rings. The Labute approximate surface area is 112 Å². The van der Waals surface area contributed by atoms with Gasteiger partial charge in [0.25, 0.3) is 5.91 Å². The van der Waals surface area contributed by atoms with Crippen LogP contribution in [0.1, 0.15) is 12.8 Å². The molecule has 19 heavy (non-hydrogen) atoms. The van der Waals surface area contributed by atoms with Crippen molar-refractivity contribution in [2.45, 2.75) is 12.8 Å². The molecule has 1 aromatic rings. The number of carbonyl (C=O) groups is 2. The fourth-order valence-electron chi connectivity index (χ4n) is 2.44. The van der Waals surface area contributed by atoms with E-state index in [0.29, 0.717) is 6.54 Å². The van der Waals surface area contributed by atoms with Crippen LogP contribution >= 0.6 is 0 Å². The maximum Gasteiger partial charge on any atom is 0.279 e. The van der Waals surface area contributed by atoms with Gasteiger partial charge in [0.05, 0.1) is 13.1 Å². The second-order valence-corrected chi connectivity index (χ2v) is 5.02. The highest BCUT2D eigenvalue weighted by atomic mass is 16.2. The van der Waals surface area contributed by atoms with Gasteiger partial charge in [-0.1, -0.05) is 18.2 Å². The Balaban J connectivity index is 1.76. The number of amides is 2. The van der Waals surface area contributed by atoms with E-state index in [4.69, 9.17) is 5.73 Å². The molecule has 2 amide bonds. The molecule has 4 N–H and O–H groups in total. The van der Waals surface area contributed by atoms with E-state index in [1.807, 2.05) is 30.3 Å². The summed E-state index contributed by atoms with van der Waals surface area (Å²) < 4.78 is 0. The molecule has 5 nitrogen and oxygen atoms in total. The van der Waals surface area contributed by atoms with Crippen LogP contribution < -0.4 is 16.0 Å². The van der Waals surface area contributed by atoms with Crippen LogP contribution in [0.25, 0.3) is 0 Å². The number of nitrogens with one attached hydrogen (secondary N) is 2. The highest BCUT2D eigenvalue weighted by molar-refractivity contribution is 5.91. The Morgan fingerprint density at radius 3 is 2.42 bits per heavy atom. The first kappa shape index (κ1) is 13.5. The molecule has 0 aliphatic carbocycles. The van der Waals surface area contributed by atoms with Gasteiger partial charge in [0, 0.05) is 24.4 Å². The van der Waals surface area contributed by atoms with Gasteiger partial charge < -0.3 is 16.0 Å². The van der Waals surface area contributed by atoms with Crippen molar-refractivity contribution in [3.8, 4) is 0 Å². The minimum atomic E-state index is -0.215. The Bertz CT molecular complexity index is 439. The Hall–Kier alpha value is -1.88. The van der Waals surface area contributed by atoms with E-state index in [0.717, 1.165) is 31.6 Å². The van der Waals surface area contributed by atoms with Crippen molar-refractivity contribution >= 4 is 17.5 Å². The van der Waals surface area contributed by atoms with Crippen LogP contribution in [0.2, 0.25) is 0 Å². The summed E-state index contributed by atoms with van der Waals surface area (Å²) in [6.45, 7) is 2.10. The maximum atomic E-state index is 11.9. The van der Waals surface area contributed by atoms with E-state index in [1.54, 1.807) is 0 Å². The average Bonchev–Trinajstić information content (AvgIpc) is 2.40. The predicted molar refractivity (Wildman–Crippen MR) is 72.6 cm³/mol. The van der Waals surface area contributed by atoms with E-state index in [-0.39, 0.29) is 17.7 Å². The topological polar surface area (TPSA) is 76.6 Å². The molecule has 102 valence electrons. The molecule has 1 heterocycles. The van der Waals surface area contributed by atoms with E-state index in [9.17, 15) is 9.59 Å². The minimum absolute atomic E-state index is 0.0127. The van der Waals surface area contributed by atoms with E-state index >= 15 is 0 Å². The van der Waals surface area contributed by atoms with Crippen LogP contribution in [0.3, 0.4) is 0 Å². The molecular formula is C14H20N3O2+. The lowest BCUT2D eigenvalue weighted by atomic mass is 9.96. The summed E-state index contributed by atoms with van der Waals surface area (Å²) in [6.07, 6.45) is 1.56. The molecule has 0 radical (unpaired) electrons. The smallest absolute Gasteiger partial charge is 0.279 e. The summed E-state index contributed by atoms with van der Waals surface area (Å²) in [7, 11) is 0. The van der Waals surface area contributed by atoms with E-state index in [2.05, 4.69) is 5.32 Å². The van der Waals surface area contributed by atoms with Gasteiger partial charge in [-0.15, -0.1) is 0 Å². The molecule has 5 heteroatoms. The van der Waals surface area contributed by atoms with Crippen LogP contribution in [0.15, 0.2) is 30.3 Å². The Kier molecular flexibility index (Phi) is 4.52. The fourth-order valence-corrected chi connectivity index (χ4v) is 2.44. The lowest BCUT2D eigenvalue weighted by Crippen LogP contribution is -3.14.